The number of thiazole rings is 1. The molecule has 0 aliphatic carbocycles. The largest absolute Gasteiger partial charge is 0.461 e. The van der Waals surface area contributed by atoms with Crippen LogP contribution in [0.1, 0.15) is 32.7 Å². The molecular weight excluding hydrogens is 292 g/mol. The van der Waals surface area contributed by atoms with Crippen molar-refractivity contribution in [1.82, 2.24) is 4.98 Å². The van der Waals surface area contributed by atoms with Gasteiger partial charge in [-0.05, 0) is 37.3 Å². The fourth-order valence-electron chi connectivity index (χ4n) is 2.32. The van der Waals surface area contributed by atoms with Gasteiger partial charge in [0, 0.05) is 22.8 Å². The van der Waals surface area contributed by atoms with Crippen LogP contribution >= 0.6 is 22.7 Å². The summed E-state index contributed by atoms with van der Waals surface area (Å²) in [6.45, 7) is 5.96. The van der Waals surface area contributed by atoms with Crippen LogP contribution in [0.2, 0.25) is 0 Å². The zero-order valence-corrected chi connectivity index (χ0v) is 13.1. The molecule has 1 aliphatic rings. The Hall–Kier alpha value is -1.40. The molecule has 0 saturated heterocycles. The van der Waals surface area contributed by atoms with Crippen LogP contribution in [0.3, 0.4) is 0 Å². The summed E-state index contributed by atoms with van der Waals surface area (Å²) in [7, 11) is 0. The molecule has 4 nitrogen and oxygen atoms in total. The number of anilines is 1. The summed E-state index contributed by atoms with van der Waals surface area (Å²) < 4.78 is 5.04. The van der Waals surface area contributed by atoms with E-state index in [1.807, 2.05) is 25.2 Å². The van der Waals surface area contributed by atoms with E-state index in [0.717, 1.165) is 29.5 Å². The summed E-state index contributed by atoms with van der Waals surface area (Å²) in [5.41, 5.74) is 1.84. The number of fused-ring (bicyclic) bond motifs is 1. The van der Waals surface area contributed by atoms with Gasteiger partial charge in [-0.25, -0.2) is 9.78 Å². The highest BCUT2D eigenvalue weighted by atomic mass is 32.1. The Kier molecular flexibility index (Phi) is 3.76. The first kappa shape index (κ1) is 13.6. The lowest BCUT2D eigenvalue weighted by Gasteiger charge is -2.26. The molecule has 0 N–H and O–H groups in total. The summed E-state index contributed by atoms with van der Waals surface area (Å²) in [6.07, 6.45) is 1.06. The predicted molar refractivity (Wildman–Crippen MR) is 81.9 cm³/mol. The number of thiophene rings is 1. The zero-order valence-electron chi connectivity index (χ0n) is 11.5. The number of hydrogen-bond acceptors (Lipinski definition) is 6. The van der Waals surface area contributed by atoms with Crippen molar-refractivity contribution in [3.05, 3.63) is 32.5 Å². The van der Waals surface area contributed by atoms with Crippen molar-refractivity contribution >= 4 is 33.8 Å². The summed E-state index contributed by atoms with van der Waals surface area (Å²) in [5, 5.41) is 3.06. The summed E-state index contributed by atoms with van der Waals surface area (Å²) >= 11 is 3.39. The topological polar surface area (TPSA) is 42.4 Å². The molecule has 0 amide bonds. The quantitative estimate of drug-likeness (QED) is 0.816. The highest BCUT2D eigenvalue weighted by Gasteiger charge is 2.23. The third kappa shape index (κ3) is 2.45. The Morgan fingerprint density at radius 1 is 1.55 bits per heavy atom. The van der Waals surface area contributed by atoms with Crippen LogP contribution in [0.15, 0.2) is 11.4 Å². The average Bonchev–Trinajstić information content (AvgIpc) is 3.04. The van der Waals surface area contributed by atoms with E-state index >= 15 is 0 Å². The van der Waals surface area contributed by atoms with Gasteiger partial charge in [0.15, 0.2) is 10.8 Å². The second kappa shape index (κ2) is 5.54. The van der Waals surface area contributed by atoms with Crippen LogP contribution in [0, 0.1) is 6.92 Å². The maximum atomic E-state index is 11.8. The van der Waals surface area contributed by atoms with Crippen molar-refractivity contribution in [2.24, 2.45) is 0 Å². The Balaban J connectivity index is 1.82. The number of hydrogen-bond donors (Lipinski definition) is 0. The summed E-state index contributed by atoms with van der Waals surface area (Å²) in [4.78, 5) is 20.9. The van der Waals surface area contributed by atoms with Crippen LogP contribution in [0.25, 0.3) is 0 Å². The molecule has 0 atom stereocenters. The van der Waals surface area contributed by atoms with Crippen molar-refractivity contribution < 1.29 is 9.53 Å². The van der Waals surface area contributed by atoms with Gasteiger partial charge in [0.05, 0.1) is 6.61 Å². The first-order valence-electron chi connectivity index (χ1n) is 6.63. The molecule has 3 rings (SSSR count). The number of nitrogens with zero attached hydrogens (tertiary/aromatic N) is 2. The van der Waals surface area contributed by atoms with Gasteiger partial charge in [0.2, 0.25) is 0 Å². The number of carbonyl (C=O) groups is 1. The van der Waals surface area contributed by atoms with E-state index in [9.17, 15) is 4.79 Å². The molecule has 0 fully saturated rings. The van der Waals surface area contributed by atoms with Gasteiger partial charge in [-0.3, -0.25) is 0 Å². The number of carbonyl (C=O) groups excluding carboxylic acids is 1. The van der Waals surface area contributed by atoms with E-state index in [0.29, 0.717) is 12.3 Å². The number of rotatable bonds is 3. The fourth-order valence-corrected chi connectivity index (χ4v) is 4.13. The highest BCUT2D eigenvalue weighted by molar-refractivity contribution is 7.15. The van der Waals surface area contributed by atoms with E-state index in [1.54, 1.807) is 11.3 Å². The SMILES string of the molecule is CCOC(=O)c1nc(N2CCc3sccc3C2)sc1C. The van der Waals surface area contributed by atoms with E-state index in [-0.39, 0.29) is 5.97 Å². The second-order valence-electron chi connectivity index (χ2n) is 4.66. The summed E-state index contributed by atoms with van der Waals surface area (Å²) in [6, 6.07) is 2.18. The van der Waals surface area contributed by atoms with Crippen LogP contribution in [-0.4, -0.2) is 24.1 Å². The van der Waals surface area contributed by atoms with Crippen molar-refractivity contribution in [2.45, 2.75) is 26.8 Å². The van der Waals surface area contributed by atoms with Crippen molar-refractivity contribution in [3.63, 3.8) is 0 Å². The lowest BCUT2D eigenvalue weighted by molar-refractivity contribution is 0.0519. The minimum atomic E-state index is -0.319. The van der Waals surface area contributed by atoms with Gasteiger partial charge in [-0.2, -0.15) is 0 Å². The normalized spacial score (nSPS) is 14.2. The molecule has 0 saturated carbocycles. The van der Waals surface area contributed by atoms with E-state index in [2.05, 4.69) is 21.3 Å². The second-order valence-corrected chi connectivity index (χ2v) is 6.84. The summed E-state index contributed by atoms with van der Waals surface area (Å²) in [5.74, 6) is -0.319. The third-order valence-electron chi connectivity index (χ3n) is 3.33. The molecule has 3 heterocycles. The first-order chi connectivity index (χ1) is 9.69. The molecule has 20 heavy (non-hydrogen) atoms. The molecule has 0 spiro atoms. The van der Waals surface area contributed by atoms with E-state index in [4.69, 9.17) is 4.74 Å². The molecule has 106 valence electrons. The Labute approximate surface area is 126 Å². The Morgan fingerprint density at radius 3 is 3.20 bits per heavy atom. The molecule has 2 aromatic heterocycles. The number of aryl methyl sites for hydroxylation is 1. The molecule has 0 aromatic carbocycles. The van der Waals surface area contributed by atoms with Crippen LogP contribution in [0.4, 0.5) is 5.13 Å². The number of aromatic nitrogens is 1. The highest BCUT2D eigenvalue weighted by Crippen LogP contribution is 2.31. The molecule has 6 heteroatoms. The maximum absolute atomic E-state index is 11.8. The minimum absolute atomic E-state index is 0.319. The standard InChI is InChI=1S/C14H16N2O2S2/c1-3-18-13(17)12-9(2)20-14(15-12)16-6-4-11-10(8-16)5-7-19-11/h5,7H,3-4,6,8H2,1-2H3. The molecular formula is C14H16N2O2S2. The van der Waals surface area contributed by atoms with Gasteiger partial charge in [-0.15, -0.1) is 22.7 Å². The fraction of sp³-hybridized carbons (Fsp3) is 0.429. The molecule has 2 aromatic rings. The van der Waals surface area contributed by atoms with Crippen LogP contribution in [0.5, 0.6) is 0 Å². The molecule has 0 radical (unpaired) electrons. The maximum Gasteiger partial charge on any atom is 0.358 e. The molecule has 0 bridgehead atoms. The van der Waals surface area contributed by atoms with Gasteiger partial charge >= 0.3 is 5.97 Å². The van der Waals surface area contributed by atoms with Gasteiger partial charge in [-0.1, -0.05) is 0 Å². The smallest absolute Gasteiger partial charge is 0.358 e. The predicted octanol–water partition coefficient (Wildman–Crippen LogP) is 3.25. The number of ether oxygens (including phenoxy) is 1. The lowest BCUT2D eigenvalue weighted by atomic mass is 10.1. The first-order valence-corrected chi connectivity index (χ1v) is 8.33. The minimum Gasteiger partial charge on any atom is -0.461 e. The van der Waals surface area contributed by atoms with Crippen molar-refractivity contribution in [3.8, 4) is 0 Å². The van der Waals surface area contributed by atoms with Crippen molar-refractivity contribution in [2.75, 3.05) is 18.1 Å². The lowest BCUT2D eigenvalue weighted by Crippen LogP contribution is -2.29. The Morgan fingerprint density at radius 2 is 2.40 bits per heavy atom. The third-order valence-corrected chi connectivity index (χ3v) is 5.39. The monoisotopic (exact) mass is 308 g/mol. The van der Waals surface area contributed by atoms with E-state index < -0.39 is 0 Å². The van der Waals surface area contributed by atoms with Gasteiger partial charge in [0.1, 0.15) is 0 Å². The average molecular weight is 308 g/mol. The molecule has 1 aliphatic heterocycles. The van der Waals surface area contributed by atoms with Gasteiger partial charge < -0.3 is 9.64 Å². The molecule has 0 unspecified atom stereocenters. The Bertz CT molecular complexity index is 633. The number of esters is 1. The van der Waals surface area contributed by atoms with E-state index in [1.165, 1.54) is 10.4 Å². The zero-order chi connectivity index (χ0) is 14.1. The van der Waals surface area contributed by atoms with Crippen LogP contribution in [-0.2, 0) is 17.7 Å². The van der Waals surface area contributed by atoms with Crippen molar-refractivity contribution in [1.29, 1.82) is 0 Å². The van der Waals surface area contributed by atoms with Crippen LogP contribution < -0.4 is 4.90 Å². The van der Waals surface area contributed by atoms with Gasteiger partial charge in [0.25, 0.3) is 0 Å².